The molecule has 0 aromatic heterocycles. The fraction of sp³-hybridized carbons (Fsp3) is 0.388. The van der Waals surface area contributed by atoms with Crippen LogP contribution in [0.4, 0.5) is 0 Å². The Morgan fingerprint density at radius 1 is 0.980 bits per heavy atom. The van der Waals surface area contributed by atoms with Crippen LogP contribution in [0.5, 0.6) is 0 Å². The predicted molar refractivity (Wildman–Crippen MR) is 224 cm³/mol. The Kier molecular flexibility index (Phi) is 15.4. The lowest BCUT2D eigenvalue weighted by Crippen LogP contribution is -2.25. The van der Waals surface area contributed by atoms with Gasteiger partial charge in [0.25, 0.3) is 0 Å². The number of nitrogens with zero attached hydrogens (tertiary/aromatic N) is 1. The second-order valence-corrected chi connectivity index (χ2v) is 14.5. The molecule has 0 amide bonds. The van der Waals surface area contributed by atoms with E-state index in [0.29, 0.717) is 23.7 Å². The van der Waals surface area contributed by atoms with Gasteiger partial charge in [-0.05, 0) is 98.3 Å². The number of hydrogen-bond donors (Lipinski definition) is 1. The Morgan fingerprint density at radius 3 is 2.45 bits per heavy atom. The molecule has 2 nitrogen and oxygen atoms in total. The summed E-state index contributed by atoms with van der Waals surface area (Å²) in [6.45, 7) is 15.3. The topological polar surface area (TPSA) is 29.0 Å². The summed E-state index contributed by atoms with van der Waals surface area (Å²) in [6, 6.07) is 0. The van der Waals surface area contributed by atoms with Gasteiger partial charge in [0, 0.05) is 41.8 Å². The molecular weight excluding hydrogens is 617 g/mol. The second kappa shape index (κ2) is 19.9. The van der Waals surface area contributed by atoms with Gasteiger partial charge in [-0.1, -0.05) is 156 Å². The molecule has 1 saturated heterocycles. The van der Waals surface area contributed by atoms with Gasteiger partial charge < -0.3 is 10.6 Å². The minimum atomic E-state index is 0.223. The van der Waals surface area contributed by atoms with E-state index in [2.05, 4.69) is 193 Å². The number of fused-ring (bicyclic) bond motifs is 1. The van der Waals surface area contributed by atoms with Gasteiger partial charge in [0.2, 0.25) is 0 Å². The maximum Gasteiger partial charge on any atom is 0.0909 e. The first-order valence-corrected chi connectivity index (χ1v) is 19.5. The van der Waals surface area contributed by atoms with E-state index in [-0.39, 0.29) is 5.54 Å². The van der Waals surface area contributed by atoms with Gasteiger partial charge in [0.1, 0.15) is 0 Å². The molecule has 4 aliphatic carbocycles. The third kappa shape index (κ3) is 10.6. The molecule has 2 N–H and O–H groups in total. The smallest absolute Gasteiger partial charge is 0.0909 e. The molecule has 1 fully saturated rings. The van der Waals surface area contributed by atoms with Crippen molar-refractivity contribution in [1.29, 1.82) is 0 Å². The maximum atomic E-state index is 6.30. The van der Waals surface area contributed by atoms with Crippen LogP contribution in [0.2, 0.25) is 0 Å². The molecule has 2 aliphatic heterocycles. The zero-order valence-electron chi connectivity index (χ0n) is 32.6. The third-order valence-electron chi connectivity index (χ3n) is 10.4. The van der Waals surface area contributed by atoms with Crippen molar-refractivity contribution in [3.05, 3.63) is 179 Å². The molecule has 270 valence electrons. The van der Waals surface area contributed by atoms with E-state index in [1.807, 2.05) is 0 Å². The van der Waals surface area contributed by atoms with E-state index in [1.165, 1.54) is 52.8 Å². The quantitative estimate of drug-likeness (QED) is 0.149. The summed E-state index contributed by atoms with van der Waals surface area (Å²) in [5.74, 6) is 2.23. The summed E-state index contributed by atoms with van der Waals surface area (Å²) in [5.41, 5.74) is 16.0. The molecule has 51 heavy (non-hydrogen) atoms. The molecule has 2 heteroatoms. The van der Waals surface area contributed by atoms with Crippen LogP contribution in [0.1, 0.15) is 93.4 Å². The van der Waals surface area contributed by atoms with Gasteiger partial charge in [0.05, 0.1) is 5.54 Å². The van der Waals surface area contributed by atoms with E-state index in [0.717, 1.165) is 31.4 Å². The Morgan fingerprint density at radius 2 is 1.78 bits per heavy atom. The van der Waals surface area contributed by atoms with Crippen molar-refractivity contribution in [1.82, 2.24) is 4.90 Å². The molecule has 0 saturated carbocycles. The van der Waals surface area contributed by atoms with E-state index in [9.17, 15) is 0 Å². The number of allylic oxidation sites excluding steroid dienone is 26. The van der Waals surface area contributed by atoms with Crippen molar-refractivity contribution < 1.29 is 0 Å². The number of hydrogen-bond acceptors (Lipinski definition) is 2. The first-order valence-electron chi connectivity index (χ1n) is 19.5. The van der Waals surface area contributed by atoms with Crippen LogP contribution in [-0.4, -0.2) is 10.4 Å². The van der Waals surface area contributed by atoms with Crippen molar-refractivity contribution >= 4 is 0 Å². The van der Waals surface area contributed by atoms with Crippen LogP contribution in [0, 0.1) is 23.7 Å². The van der Waals surface area contributed by atoms with E-state index in [4.69, 9.17) is 5.73 Å². The monoisotopic (exact) mass is 681 g/mol. The lowest BCUT2D eigenvalue weighted by molar-refractivity contribution is 0.364. The lowest BCUT2D eigenvalue weighted by Gasteiger charge is -2.23. The van der Waals surface area contributed by atoms with Crippen molar-refractivity contribution in [2.45, 2.75) is 99.0 Å². The second-order valence-electron chi connectivity index (χ2n) is 14.5. The molecule has 0 aromatic carbocycles. The highest BCUT2D eigenvalue weighted by atomic mass is 15.4. The van der Waals surface area contributed by atoms with Crippen molar-refractivity contribution in [2.24, 2.45) is 29.4 Å². The number of rotatable bonds is 9. The van der Waals surface area contributed by atoms with Crippen LogP contribution in [0.3, 0.4) is 0 Å². The van der Waals surface area contributed by atoms with E-state index < -0.39 is 0 Å². The molecule has 0 aromatic rings. The molecule has 0 bridgehead atoms. The van der Waals surface area contributed by atoms with Gasteiger partial charge in [-0.2, -0.15) is 0 Å². The Hall–Kier alpha value is -4.30. The zero-order valence-corrected chi connectivity index (χ0v) is 32.6. The standard InChI is InChI=1S/C23H32N2.C14H16.C12H16/c1-5-9-19(14-21(24)12-8-10-17(2)3)20-15-22-23(16-20)18(4)11-6-7-13-25(22)23;1-2-12-8-6-7-11-14(12)13-9-4-3-5-10-13;1-3-8-11(4-2)12-9-6-5-7-10-12/h6-11,13-15,17-18,20H,5,12,16,24H2,1-4H3;3-9,11-12H,2,10H2,1H3;3-4,6,8-10H,5,7H2,1-2H3/b10-8-,19-9+,21-14-;14-13-;8-3-,11-4+. The molecule has 4 atom stereocenters. The molecular formula is C49H64N2. The average molecular weight is 681 g/mol. The van der Waals surface area contributed by atoms with Crippen LogP contribution >= 0.6 is 0 Å². The Bertz CT molecular complexity index is 1660. The van der Waals surface area contributed by atoms with Crippen molar-refractivity contribution in [3.63, 3.8) is 0 Å². The van der Waals surface area contributed by atoms with Gasteiger partial charge in [-0.3, -0.25) is 0 Å². The van der Waals surface area contributed by atoms with Crippen molar-refractivity contribution in [2.75, 3.05) is 0 Å². The largest absolute Gasteiger partial charge is 0.402 e. The summed E-state index contributed by atoms with van der Waals surface area (Å²) in [7, 11) is 0. The summed E-state index contributed by atoms with van der Waals surface area (Å²) < 4.78 is 0. The highest BCUT2D eigenvalue weighted by molar-refractivity contribution is 5.52. The zero-order chi connectivity index (χ0) is 36.6. The average Bonchev–Trinajstić information content (AvgIpc) is 3.63. The minimum absolute atomic E-state index is 0.223. The van der Waals surface area contributed by atoms with Gasteiger partial charge >= 0.3 is 0 Å². The molecule has 2 heterocycles. The van der Waals surface area contributed by atoms with Gasteiger partial charge in [-0.15, -0.1) is 0 Å². The summed E-state index contributed by atoms with van der Waals surface area (Å²) in [6.07, 6.45) is 58.7. The minimum Gasteiger partial charge on any atom is -0.402 e. The predicted octanol–water partition coefficient (Wildman–Crippen LogP) is 13.2. The molecule has 1 spiro atoms. The fourth-order valence-corrected chi connectivity index (χ4v) is 7.62. The molecule has 6 aliphatic rings. The Labute approximate surface area is 311 Å². The fourth-order valence-electron chi connectivity index (χ4n) is 7.62. The first-order chi connectivity index (χ1) is 24.8. The van der Waals surface area contributed by atoms with Crippen LogP contribution in [-0.2, 0) is 0 Å². The SMILES string of the molecule is C/C=C\C(=C/C)C1=CCCC=C1.CC/C=C(\C=C(/N)C/C=C\C(C)C)C1C=C2N3C=CC=CC(C)C23C1.CCC1C=CC=C/C1=C1\C=CC=CC1. The summed E-state index contributed by atoms with van der Waals surface area (Å²) >= 11 is 0. The Balaban J connectivity index is 0.000000189. The molecule has 4 unspecified atom stereocenters. The third-order valence-corrected chi connectivity index (χ3v) is 10.4. The molecule has 6 rings (SSSR count). The van der Waals surface area contributed by atoms with Crippen LogP contribution in [0.15, 0.2) is 179 Å². The van der Waals surface area contributed by atoms with E-state index in [1.54, 1.807) is 0 Å². The van der Waals surface area contributed by atoms with E-state index >= 15 is 0 Å². The van der Waals surface area contributed by atoms with Gasteiger partial charge in [-0.25, -0.2) is 0 Å². The van der Waals surface area contributed by atoms with Crippen LogP contribution in [0.25, 0.3) is 0 Å². The first kappa shape index (κ1) is 39.5. The lowest BCUT2D eigenvalue weighted by atomic mass is 9.85. The normalized spacial score (nSPS) is 28.0. The highest BCUT2D eigenvalue weighted by Gasteiger charge is 2.63. The maximum absolute atomic E-state index is 6.30. The van der Waals surface area contributed by atoms with Crippen molar-refractivity contribution in [3.8, 4) is 0 Å². The highest BCUT2D eigenvalue weighted by Crippen LogP contribution is 2.61. The molecule has 0 radical (unpaired) electrons. The number of nitrogens with two attached hydrogens (primary N) is 1. The summed E-state index contributed by atoms with van der Waals surface area (Å²) in [5, 5.41) is 0. The summed E-state index contributed by atoms with van der Waals surface area (Å²) in [4.78, 5) is 2.45. The van der Waals surface area contributed by atoms with Crippen LogP contribution < -0.4 is 5.73 Å². The van der Waals surface area contributed by atoms with Gasteiger partial charge in [0.15, 0.2) is 0 Å².